The summed E-state index contributed by atoms with van der Waals surface area (Å²) in [6.45, 7) is 3.99. The summed E-state index contributed by atoms with van der Waals surface area (Å²) in [7, 11) is 0. The molecule has 7 heteroatoms. The normalized spacial score (nSPS) is 12.3. The van der Waals surface area contributed by atoms with Crippen molar-refractivity contribution in [2.75, 3.05) is 5.32 Å². The highest BCUT2D eigenvalue weighted by Crippen LogP contribution is 2.40. The first-order valence-electron chi connectivity index (χ1n) is 8.00. The van der Waals surface area contributed by atoms with E-state index in [0.717, 1.165) is 32.6 Å². The van der Waals surface area contributed by atoms with Crippen LogP contribution in [0.1, 0.15) is 24.6 Å². The molecule has 2 aromatic heterocycles. The van der Waals surface area contributed by atoms with Crippen molar-refractivity contribution in [2.24, 2.45) is 0 Å². The van der Waals surface area contributed by atoms with Crippen molar-refractivity contribution in [2.45, 2.75) is 32.7 Å². The van der Waals surface area contributed by atoms with Crippen LogP contribution < -0.4 is 5.32 Å². The first kappa shape index (κ1) is 17.6. The first-order chi connectivity index (χ1) is 12.0. The van der Waals surface area contributed by atoms with E-state index < -0.39 is 12.0 Å². The van der Waals surface area contributed by atoms with Crippen LogP contribution in [0.15, 0.2) is 30.6 Å². The summed E-state index contributed by atoms with van der Waals surface area (Å²) in [5, 5.41) is 14.1. The molecule has 3 rings (SSSR count). The fraction of sp³-hybridized carbons (Fsp3) is 0.278. The van der Waals surface area contributed by atoms with Gasteiger partial charge in [-0.25, -0.2) is 14.8 Å². The van der Waals surface area contributed by atoms with Crippen LogP contribution in [-0.2, 0) is 4.79 Å². The molecular formula is C18H18ClN3O2S. The van der Waals surface area contributed by atoms with E-state index in [-0.39, 0.29) is 0 Å². The van der Waals surface area contributed by atoms with Crippen molar-refractivity contribution in [3.05, 3.63) is 40.5 Å². The summed E-state index contributed by atoms with van der Waals surface area (Å²) in [4.78, 5) is 22.1. The minimum absolute atomic E-state index is 0.528. The van der Waals surface area contributed by atoms with E-state index in [1.165, 1.54) is 6.33 Å². The van der Waals surface area contributed by atoms with E-state index in [1.807, 2.05) is 38.1 Å². The van der Waals surface area contributed by atoms with E-state index in [4.69, 9.17) is 11.6 Å². The van der Waals surface area contributed by atoms with Crippen molar-refractivity contribution < 1.29 is 9.90 Å². The molecule has 2 N–H and O–H groups in total. The Morgan fingerprint density at radius 3 is 2.68 bits per heavy atom. The Morgan fingerprint density at radius 1 is 1.32 bits per heavy atom. The molecule has 0 saturated carbocycles. The van der Waals surface area contributed by atoms with Gasteiger partial charge in [-0.05, 0) is 31.0 Å². The summed E-state index contributed by atoms with van der Waals surface area (Å²) in [6, 6.07) is 6.91. The number of carbonyl (C=O) groups is 1. The molecule has 0 amide bonds. The third kappa shape index (κ3) is 3.60. The standard InChI is InChI=1S/C18H18ClN3O2S/c1-3-4-13(18(23)24)22-16-15-14(11-5-7-12(19)8-6-11)10(2)25-17(15)21-9-20-16/h5-9,13H,3-4H2,1-2H3,(H,23,24)(H,20,21,22). The quantitative estimate of drug-likeness (QED) is 0.635. The Hall–Kier alpha value is -2.18. The van der Waals surface area contributed by atoms with Gasteiger partial charge in [0.2, 0.25) is 0 Å². The van der Waals surface area contributed by atoms with Gasteiger partial charge in [-0.2, -0.15) is 0 Å². The summed E-state index contributed by atoms with van der Waals surface area (Å²) >= 11 is 7.57. The fourth-order valence-electron chi connectivity index (χ4n) is 2.83. The van der Waals surface area contributed by atoms with Crippen LogP contribution in [0.2, 0.25) is 5.02 Å². The highest BCUT2D eigenvalue weighted by molar-refractivity contribution is 7.19. The van der Waals surface area contributed by atoms with Gasteiger partial charge < -0.3 is 10.4 Å². The average molecular weight is 376 g/mol. The number of aliphatic carboxylic acids is 1. The Morgan fingerprint density at radius 2 is 2.04 bits per heavy atom. The van der Waals surface area contributed by atoms with Gasteiger partial charge in [-0.1, -0.05) is 37.1 Å². The Bertz CT molecular complexity index is 909. The van der Waals surface area contributed by atoms with E-state index in [0.29, 0.717) is 17.3 Å². The number of anilines is 1. The number of carboxylic acid groups (broad SMARTS) is 1. The van der Waals surface area contributed by atoms with Crippen molar-refractivity contribution in [1.29, 1.82) is 0 Å². The highest BCUT2D eigenvalue weighted by Gasteiger charge is 2.21. The molecule has 1 aromatic carbocycles. The minimum atomic E-state index is -0.881. The second-order valence-corrected chi connectivity index (χ2v) is 7.41. The molecule has 1 unspecified atom stereocenters. The van der Waals surface area contributed by atoms with Crippen molar-refractivity contribution in [3.63, 3.8) is 0 Å². The fourth-order valence-corrected chi connectivity index (χ4v) is 3.97. The molecule has 0 bridgehead atoms. The number of thiophene rings is 1. The lowest BCUT2D eigenvalue weighted by Crippen LogP contribution is -2.29. The van der Waals surface area contributed by atoms with Gasteiger partial charge in [0.1, 0.15) is 23.0 Å². The van der Waals surface area contributed by atoms with Gasteiger partial charge in [-0.15, -0.1) is 11.3 Å². The summed E-state index contributed by atoms with van der Waals surface area (Å²) in [6.07, 6.45) is 2.77. The maximum atomic E-state index is 11.5. The van der Waals surface area contributed by atoms with Gasteiger partial charge in [-0.3, -0.25) is 0 Å². The lowest BCUT2D eigenvalue weighted by atomic mass is 10.0. The number of hydrogen-bond acceptors (Lipinski definition) is 5. The number of aromatic nitrogens is 2. The summed E-state index contributed by atoms with van der Waals surface area (Å²) in [5.74, 6) is -0.325. The lowest BCUT2D eigenvalue weighted by molar-refractivity contribution is -0.138. The number of benzene rings is 1. The zero-order valence-corrected chi connectivity index (χ0v) is 15.5. The van der Waals surface area contributed by atoms with Gasteiger partial charge in [0.15, 0.2) is 0 Å². The van der Waals surface area contributed by atoms with Crippen LogP contribution in [0, 0.1) is 6.92 Å². The Labute approximate surface area is 154 Å². The number of nitrogens with one attached hydrogen (secondary N) is 1. The van der Waals surface area contributed by atoms with Gasteiger partial charge in [0.25, 0.3) is 0 Å². The number of halogens is 1. The number of hydrogen-bond donors (Lipinski definition) is 2. The molecule has 1 atom stereocenters. The zero-order valence-electron chi connectivity index (χ0n) is 13.9. The van der Waals surface area contributed by atoms with Crippen LogP contribution >= 0.6 is 22.9 Å². The second-order valence-electron chi connectivity index (χ2n) is 5.77. The third-order valence-corrected chi connectivity index (χ3v) is 5.25. The molecule has 5 nitrogen and oxygen atoms in total. The second kappa shape index (κ2) is 7.37. The monoisotopic (exact) mass is 375 g/mol. The van der Waals surface area contributed by atoms with E-state index >= 15 is 0 Å². The maximum absolute atomic E-state index is 11.5. The third-order valence-electron chi connectivity index (χ3n) is 3.98. The predicted molar refractivity (Wildman–Crippen MR) is 103 cm³/mol. The predicted octanol–water partition coefficient (Wildman–Crippen LogP) is 4.99. The van der Waals surface area contributed by atoms with E-state index in [1.54, 1.807) is 11.3 Å². The van der Waals surface area contributed by atoms with Crippen molar-refractivity contribution in [3.8, 4) is 11.1 Å². The van der Waals surface area contributed by atoms with Gasteiger partial charge >= 0.3 is 5.97 Å². The van der Waals surface area contributed by atoms with Crippen LogP contribution in [0.5, 0.6) is 0 Å². The largest absolute Gasteiger partial charge is 0.480 e. The average Bonchev–Trinajstić information content (AvgIpc) is 2.92. The van der Waals surface area contributed by atoms with Crippen LogP contribution in [0.25, 0.3) is 21.3 Å². The van der Waals surface area contributed by atoms with Crippen molar-refractivity contribution >= 4 is 44.9 Å². The molecule has 0 aliphatic carbocycles. The molecule has 3 aromatic rings. The molecule has 0 aliphatic rings. The Kier molecular flexibility index (Phi) is 5.20. The molecule has 0 fully saturated rings. The molecule has 0 spiro atoms. The van der Waals surface area contributed by atoms with Gasteiger partial charge in [0.05, 0.1) is 5.39 Å². The minimum Gasteiger partial charge on any atom is -0.480 e. The number of nitrogens with zero attached hydrogens (tertiary/aromatic N) is 2. The maximum Gasteiger partial charge on any atom is 0.326 e. The number of fused-ring (bicyclic) bond motifs is 1. The number of carboxylic acids is 1. The molecule has 130 valence electrons. The lowest BCUT2D eigenvalue weighted by Gasteiger charge is -2.15. The molecule has 2 heterocycles. The highest BCUT2D eigenvalue weighted by atomic mass is 35.5. The SMILES string of the molecule is CCCC(Nc1ncnc2sc(C)c(-c3ccc(Cl)cc3)c12)C(=O)O. The molecule has 0 saturated heterocycles. The molecular weight excluding hydrogens is 358 g/mol. The molecule has 0 radical (unpaired) electrons. The Balaban J connectivity index is 2.14. The number of aryl methyl sites for hydroxylation is 1. The van der Waals surface area contributed by atoms with E-state index in [9.17, 15) is 9.90 Å². The molecule has 25 heavy (non-hydrogen) atoms. The smallest absolute Gasteiger partial charge is 0.326 e. The van der Waals surface area contributed by atoms with E-state index in [2.05, 4.69) is 15.3 Å². The van der Waals surface area contributed by atoms with Crippen LogP contribution in [-0.4, -0.2) is 27.1 Å². The van der Waals surface area contributed by atoms with Gasteiger partial charge in [0, 0.05) is 15.5 Å². The first-order valence-corrected chi connectivity index (χ1v) is 9.20. The molecule has 0 aliphatic heterocycles. The summed E-state index contributed by atoms with van der Waals surface area (Å²) < 4.78 is 0. The summed E-state index contributed by atoms with van der Waals surface area (Å²) in [5.41, 5.74) is 2.02. The topological polar surface area (TPSA) is 75.1 Å². The number of rotatable bonds is 6. The van der Waals surface area contributed by atoms with Crippen molar-refractivity contribution in [1.82, 2.24) is 9.97 Å². The van der Waals surface area contributed by atoms with Crippen LogP contribution in [0.4, 0.5) is 5.82 Å². The van der Waals surface area contributed by atoms with Crippen LogP contribution in [0.3, 0.4) is 0 Å². The zero-order chi connectivity index (χ0) is 18.0.